The van der Waals surface area contributed by atoms with E-state index in [1.165, 1.54) is 30.5 Å². The highest BCUT2D eigenvalue weighted by Crippen LogP contribution is 2.31. The summed E-state index contributed by atoms with van der Waals surface area (Å²) in [6, 6.07) is 14.2. The summed E-state index contributed by atoms with van der Waals surface area (Å²) in [5.41, 5.74) is 8.44. The second kappa shape index (κ2) is 6.08. The van der Waals surface area contributed by atoms with Crippen LogP contribution in [0.15, 0.2) is 60.8 Å². The molecule has 0 saturated heterocycles. The molecule has 4 nitrogen and oxygen atoms in total. The molecule has 2 aromatic heterocycles. The van der Waals surface area contributed by atoms with E-state index in [0.29, 0.717) is 27.9 Å². The summed E-state index contributed by atoms with van der Waals surface area (Å²) in [5, 5.41) is 6.74. The molecule has 0 spiro atoms. The first-order valence-corrected chi connectivity index (χ1v) is 7.91. The molecule has 0 bridgehead atoms. The van der Waals surface area contributed by atoms with E-state index in [1.807, 2.05) is 0 Å². The molecular formula is C19H12F4N4. The number of pyridine rings is 1. The second-order valence-electron chi connectivity index (χ2n) is 5.98. The van der Waals surface area contributed by atoms with Crippen LogP contribution in [-0.2, 0) is 6.18 Å². The maximum absolute atomic E-state index is 14.0. The molecule has 0 fully saturated rings. The molecule has 0 atom stereocenters. The standard InChI is InChI=1S/C19H12F4N4/c20-16-7-6-14(24)9-15(16)12-3-1-11(2-4-12)13-5-8-17-25-26-18(19(21,22)23)27(17)10-13/h1-10H,24H2. The molecule has 0 unspecified atom stereocenters. The number of halogens is 4. The van der Waals surface area contributed by atoms with Crippen LogP contribution in [0.5, 0.6) is 0 Å². The molecule has 4 aromatic rings. The molecule has 136 valence electrons. The highest BCUT2D eigenvalue weighted by Gasteiger charge is 2.36. The molecule has 2 aromatic carbocycles. The van der Waals surface area contributed by atoms with E-state index >= 15 is 0 Å². The zero-order valence-corrected chi connectivity index (χ0v) is 13.7. The van der Waals surface area contributed by atoms with E-state index in [1.54, 1.807) is 30.3 Å². The number of anilines is 1. The fourth-order valence-electron chi connectivity index (χ4n) is 2.86. The Hall–Kier alpha value is -3.42. The number of nitrogens with two attached hydrogens (primary N) is 1. The summed E-state index contributed by atoms with van der Waals surface area (Å²) in [7, 11) is 0. The van der Waals surface area contributed by atoms with Gasteiger partial charge in [0.1, 0.15) is 5.82 Å². The highest BCUT2D eigenvalue weighted by atomic mass is 19.4. The SMILES string of the molecule is Nc1ccc(F)c(-c2ccc(-c3ccc4nnc(C(F)(F)F)n4c3)cc2)c1. The van der Waals surface area contributed by atoms with Crippen LogP contribution in [-0.4, -0.2) is 14.6 Å². The van der Waals surface area contributed by atoms with Crippen molar-refractivity contribution in [1.29, 1.82) is 0 Å². The number of hydrogen-bond acceptors (Lipinski definition) is 3. The van der Waals surface area contributed by atoms with Crippen LogP contribution in [0, 0.1) is 5.82 Å². The van der Waals surface area contributed by atoms with Crippen molar-refractivity contribution in [2.24, 2.45) is 0 Å². The zero-order valence-electron chi connectivity index (χ0n) is 13.7. The lowest BCUT2D eigenvalue weighted by atomic mass is 10.0. The van der Waals surface area contributed by atoms with Crippen molar-refractivity contribution in [3.05, 3.63) is 72.4 Å². The Morgan fingerprint density at radius 3 is 2.19 bits per heavy atom. The van der Waals surface area contributed by atoms with E-state index in [9.17, 15) is 17.6 Å². The maximum atomic E-state index is 14.0. The number of hydrogen-bond donors (Lipinski definition) is 1. The average molecular weight is 372 g/mol. The molecule has 0 amide bonds. The number of nitrogens with zero attached hydrogens (tertiary/aromatic N) is 3. The van der Waals surface area contributed by atoms with Gasteiger partial charge in [-0.05, 0) is 47.0 Å². The van der Waals surface area contributed by atoms with E-state index in [0.717, 1.165) is 4.40 Å². The van der Waals surface area contributed by atoms with E-state index in [4.69, 9.17) is 5.73 Å². The molecule has 8 heteroatoms. The van der Waals surface area contributed by atoms with Gasteiger partial charge in [-0.15, -0.1) is 10.2 Å². The van der Waals surface area contributed by atoms with Crippen LogP contribution in [0.4, 0.5) is 23.2 Å². The Morgan fingerprint density at radius 2 is 1.48 bits per heavy atom. The lowest BCUT2D eigenvalue weighted by Crippen LogP contribution is -2.10. The Balaban J connectivity index is 1.75. The number of nitrogen functional groups attached to an aromatic ring is 1. The first kappa shape index (κ1) is 17.0. The van der Waals surface area contributed by atoms with Gasteiger partial charge in [0.2, 0.25) is 5.82 Å². The zero-order chi connectivity index (χ0) is 19.2. The maximum Gasteiger partial charge on any atom is 0.452 e. The fourth-order valence-corrected chi connectivity index (χ4v) is 2.86. The molecule has 0 aliphatic heterocycles. The third-order valence-electron chi connectivity index (χ3n) is 4.18. The monoisotopic (exact) mass is 372 g/mol. The number of aromatic nitrogens is 3. The molecule has 2 heterocycles. The molecule has 0 aliphatic rings. The van der Waals surface area contributed by atoms with Gasteiger partial charge in [-0.25, -0.2) is 4.39 Å². The third kappa shape index (κ3) is 3.10. The Bertz CT molecular complexity index is 1130. The predicted molar refractivity (Wildman–Crippen MR) is 93.2 cm³/mol. The molecule has 0 aliphatic carbocycles. The number of benzene rings is 2. The minimum Gasteiger partial charge on any atom is -0.399 e. The smallest absolute Gasteiger partial charge is 0.399 e. The van der Waals surface area contributed by atoms with Crippen LogP contribution in [0.3, 0.4) is 0 Å². The Morgan fingerprint density at radius 1 is 0.815 bits per heavy atom. The van der Waals surface area contributed by atoms with Crippen molar-refractivity contribution in [2.75, 3.05) is 5.73 Å². The molecule has 0 radical (unpaired) electrons. The van der Waals surface area contributed by atoms with Gasteiger partial charge in [0.05, 0.1) is 0 Å². The highest BCUT2D eigenvalue weighted by molar-refractivity contribution is 5.72. The summed E-state index contributed by atoms with van der Waals surface area (Å²) in [5.74, 6) is -1.49. The van der Waals surface area contributed by atoms with Crippen molar-refractivity contribution >= 4 is 11.3 Å². The quantitative estimate of drug-likeness (QED) is 0.406. The van der Waals surface area contributed by atoms with Gasteiger partial charge in [-0.3, -0.25) is 4.40 Å². The van der Waals surface area contributed by atoms with Gasteiger partial charge < -0.3 is 5.73 Å². The van der Waals surface area contributed by atoms with E-state index in [-0.39, 0.29) is 5.65 Å². The third-order valence-corrected chi connectivity index (χ3v) is 4.18. The van der Waals surface area contributed by atoms with Crippen LogP contribution in [0.1, 0.15) is 5.82 Å². The largest absolute Gasteiger partial charge is 0.452 e. The van der Waals surface area contributed by atoms with E-state index < -0.39 is 17.8 Å². The normalized spacial score (nSPS) is 11.9. The average Bonchev–Trinajstić information content (AvgIpc) is 3.07. The lowest BCUT2D eigenvalue weighted by Gasteiger charge is -2.08. The topological polar surface area (TPSA) is 56.2 Å². The number of fused-ring (bicyclic) bond motifs is 1. The molecule has 27 heavy (non-hydrogen) atoms. The van der Waals surface area contributed by atoms with Gasteiger partial charge >= 0.3 is 6.18 Å². The Kier molecular flexibility index (Phi) is 3.83. The van der Waals surface area contributed by atoms with Crippen molar-refractivity contribution in [2.45, 2.75) is 6.18 Å². The molecule has 0 saturated carbocycles. The first-order chi connectivity index (χ1) is 12.8. The van der Waals surface area contributed by atoms with Gasteiger partial charge in [0.25, 0.3) is 0 Å². The molecular weight excluding hydrogens is 360 g/mol. The molecule has 4 rings (SSSR count). The van der Waals surface area contributed by atoms with Gasteiger partial charge in [0, 0.05) is 17.4 Å². The second-order valence-corrected chi connectivity index (χ2v) is 5.98. The summed E-state index contributed by atoms with van der Waals surface area (Å²) in [4.78, 5) is 0. The summed E-state index contributed by atoms with van der Waals surface area (Å²) >= 11 is 0. The Labute approximate surface area is 150 Å². The lowest BCUT2D eigenvalue weighted by molar-refractivity contribution is -0.145. The minimum absolute atomic E-state index is 0.101. The van der Waals surface area contributed by atoms with Gasteiger partial charge in [0.15, 0.2) is 5.65 Å². The number of rotatable bonds is 2. The molecule has 2 N–H and O–H groups in total. The predicted octanol–water partition coefficient (Wildman–Crippen LogP) is 4.80. The number of alkyl halides is 3. The summed E-state index contributed by atoms with van der Waals surface area (Å²) in [6.45, 7) is 0. The first-order valence-electron chi connectivity index (χ1n) is 7.91. The van der Waals surface area contributed by atoms with Crippen molar-refractivity contribution in [1.82, 2.24) is 14.6 Å². The summed E-state index contributed by atoms with van der Waals surface area (Å²) in [6.07, 6.45) is -3.28. The van der Waals surface area contributed by atoms with Gasteiger partial charge in [-0.2, -0.15) is 13.2 Å². The van der Waals surface area contributed by atoms with Crippen molar-refractivity contribution in [3.63, 3.8) is 0 Å². The van der Waals surface area contributed by atoms with Crippen molar-refractivity contribution < 1.29 is 17.6 Å². The van der Waals surface area contributed by atoms with E-state index in [2.05, 4.69) is 10.2 Å². The fraction of sp³-hybridized carbons (Fsp3) is 0.0526. The van der Waals surface area contributed by atoms with Crippen LogP contribution >= 0.6 is 0 Å². The van der Waals surface area contributed by atoms with Crippen LogP contribution < -0.4 is 5.73 Å². The van der Waals surface area contributed by atoms with Crippen molar-refractivity contribution in [3.8, 4) is 22.3 Å². The minimum atomic E-state index is -4.60. The van der Waals surface area contributed by atoms with Gasteiger partial charge in [-0.1, -0.05) is 24.3 Å². The van der Waals surface area contributed by atoms with Crippen LogP contribution in [0.2, 0.25) is 0 Å². The summed E-state index contributed by atoms with van der Waals surface area (Å²) < 4.78 is 54.0. The van der Waals surface area contributed by atoms with Crippen LogP contribution in [0.25, 0.3) is 27.9 Å².